The number of carbonyl (C=O) groups is 1. The van der Waals surface area contributed by atoms with Crippen LogP contribution in [0.2, 0.25) is 0 Å². The van der Waals surface area contributed by atoms with Crippen molar-refractivity contribution in [3.63, 3.8) is 0 Å². The van der Waals surface area contributed by atoms with Gasteiger partial charge in [0.2, 0.25) is 6.29 Å². The molecule has 1 N–H and O–H groups in total. The molecule has 1 aliphatic rings. The second-order valence-corrected chi connectivity index (χ2v) is 6.04. The van der Waals surface area contributed by atoms with Gasteiger partial charge in [-0.15, -0.1) is 11.3 Å². The number of aliphatic hydroxyl groups excluding tert-OH is 1. The second-order valence-electron chi connectivity index (χ2n) is 4.12. The highest BCUT2D eigenvalue weighted by Crippen LogP contribution is 2.39. The third-order valence-electron chi connectivity index (χ3n) is 2.97. The van der Waals surface area contributed by atoms with Crippen molar-refractivity contribution in [1.82, 2.24) is 0 Å². The predicted octanol–water partition coefficient (Wildman–Crippen LogP) is 3.33. The Morgan fingerprint density at radius 1 is 1.50 bits per heavy atom. The third-order valence-corrected chi connectivity index (χ3v) is 4.76. The molecule has 94 valence electrons. The van der Waals surface area contributed by atoms with Crippen LogP contribution in [0, 0.1) is 0 Å². The van der Waals surface area contributed by atoms with Gasteiger partial charge >= 0.3 is 6.09 Å². The number of carbonyl (C=O) groups excluding carboxylic acids is 1. The van der Waals surface area contributed by atoms with Gasteiger partial charge in [-0.05, 0) is 25.1 Å². The van der Waals surface area contributed by atoms with Crippen molar-refractivity contribution in [2.24, 2.45) is 0 Å². The van der Waals surface area contributed by atoms with Crippen LogP contribution in [0.4, 0.5) is 9.80 Å². The van der Waals surface area contributed by atoms with E-state index in [-0.39, 0.29) is 6.04 Å². The van der Waals surface area contributed by atoms with E-state index in [0.717, 1.165) is 19.6 Å². The zero-order valence-electron chi connectivity index (χ0n) is 9.46. The average Bonchev–Trinajstić information content (AvgIpc) is 2.83. The maximum atomic E-state index is 11.7. The Morgan fingerprint density at radius 3 is 2.89 bits per heavy atom. The molecular weight excluding hydrogens is 318 g/mol. The summed E-state index contributed by atoms with van der Waals surface area (Å²) in [4.78, 5) is 13.2. The molecule has 1 aromatic heterocycles. The Morgan fingerprint density at radius 2 is 2.28 bits per heavy atom. The van der Waals surface area contributed by atoms with Crippen LogP contribution in [-0.2, 0) is 4.74 Å². The molecule has 0 saturated carbocycles. The summed E-state index contributed by atoms with van der Waals surface area (Å²) in [6, 6.07) is 7.47. The van der Waals surface area contributed by atoms with Crippen molar-refractivity contribution in [1.29, 1.82) is 0 Å². The van der Waals surface area contributed by atoms with Gasteiger partial charge in [0.05, 0.1) is 0 Å². The number of thiophene rings is 1. The summed E-state index contributed by atoms with van der Waals surface area (Å²) in [6.45, 7) is 1.76. The van der Waals surface area contributed by atoms with Crippen LogP contribution in [0.1, 0.15) is 6.92 Å². The van der Waals surface area contributed by atoms with E-state index >= 15 is 0 Å². The van der Waals surface area contributed by atoms with Crippen molar-refractivity contribution in [3.8, 4) is 0 Å². The molecule has 0 bridgehead atoms. The molecule has 0 aliphatic carbocycles. The Hall–Kier alpha value is -1.11. The molecule has 2 heterocycles. The van der Waals surface area contributed by atoms with Crippen LogP contribution >= 0.6 is 27.3 Å². The number of halogens is 1. The number of nitrogens with zero attached hydrogens (tertiary/aromatic N) is 1. The highest BCUT2D eigenvalue weighted by molar-refractivity contribution is 9.10. The maximum Gasteiger partial charge on any atom is 0.417 e. The summed E-state index contributed by atoms with van der Waals surface area (Å²) >= 11 is 4.99. The van der Waals surface area contributed by atoms with Gasteiger partial charge in [0, 0.05) is 14.6 Å². The molecule has 1 fully saturated rings. The lowest BCUT2D eigenvalue weighted by Gasteiger charge is -2.15. The van der Waals surface area contributed by atoms with Crippen molar-refractivity contribution < 1.29 is 14.6 Å². The number of fused-ring (bicyclic) bond motifs is 1. The van der Waals surface area contributed by atoms with E-state index in [9.17, 15) is 9.90 Å². The number of hydrogen-bond acceptors (Lipinski definition) is 4. The van der Waals surface area contributed by atoms with E-state index in [1.165, 1.54) is 16.2 Å². The Balaban J connectivity index is 2.10. The summed E-state index contributed by atoms with van der Waals surface area (Å²) in [7, 11) is 0. The zero-order valence-corrected chi connectivity index (χ0v) is 11.9. The topological polar surface area (TPSA) is 49.8 Å². The summed E-state index contributed by atoms with van der Waals surface area (Å²) in [6.07, 6.45) is -1.57. The van der Waals surface area contributed by atoms with E-state index < -0.39 is 12.4 Å². The third kappa shape index (κ3) is 1.72. The lowest BCUT2D eigenvalue weighted by atomic mass is 10.2. The van der Waals surface area contributed by atoms with Gasteiger partial charge in [-0.2, -0.15) is 0 Å². The lowest BCUT2D eigenvalue weighted by molar-refractivity contribution is -0.0312. The smallest absolute Gasteiger partial charge is 0.417 e. The van der Waals surface area contributed by atoms with Gasteiger partial charge in [0.25, 0.3) is 0 Å². The summed E-state index contributed by atoms with van der Waals surface area (Å²) in [5.74, 6) is 0. The lowest BCUT2D eigenvalue weighted by Crippen LogP contribution is -2.33. The second kappa shape index (κ2) is 4.22. The first-order valence-electron chi connectivity index (χ1n) is 5.44. The predicted molar refractivity (Wildman–Crippen MR) is 74.0 cm³/mol. The molecule has 1 amide bonds. The quantitative estimate of drug-likeness (QED) is 0.874. The van der Waals surface area contributed by atoms with Crippen LogP contribution in [0.25, 0.3) is 10.1 Å². The van der Waals surface area contributed by atoms with E-state index in [1.807, 2.05) is 24.3 Å². The first-order chi connectivity index (χ1) is 8.58. The Bertz CT molecular complexity index is 627. The van der Waals surface area contributed by atoms with Crippen LogP contribution in [-0.4, -0.2) is 23.5 Å². The number of anilines is 1. The maximum absolute atomic E-state index is 11.7. The molecule has 1 aromatic carbocycles. The normalized spacial score (nSPS) is 23.7. The van der Waals surface area contributed by atoms with Crippen molar-refractivity contribution in [2.45, 2.75) is 19.3 Å². The number of cyclic esters (lactones) is 1. The van der Waals surface area contributed by atoms with Gasteiger partial charge in [-0.25, -0.2) is 4.79 Å². The molecule has 1 unspecified atom stereocenters. The molecule has 1 aliphatic heterocycles. The van der Waals surface area contributed by atoms with Gasteiger partial charge in [-0.3, -0.25) is 4.90 Å². The van der Waals surface area contributed by atoms with Crippen LogP contribution in [0.5, 0.6) is 0 Å². The highest BCUT2D eigenvalue weighted by atomic mass is 79.9. The number of aliphatic hydroxyl groups is 1. The summed E-state index contributed by atoms with van der Waals surface area (Å²) < 4.78 is 6.88. The van der Waals surface area contributed by atoms with Gasteiger partial charge in [-0.1, -0.05) is 22.0 Å². The SMILES string of the molecule is CC1[C@H](O)OC(=O)N1c1cc2c(Br)cccc2s1. The number of rotatable bonds is 1. The van der Waals surface area contributed by atoms with Crippen LogP contribution in [0.3, 0.4) is 0 Å². The molecule has 0 radical (unpaired) electrons. The Kier molecular flexibility index (Phi) is 2.80. The van der Waals surface area contributed by atoms with E-state index in [1.54, 1.807) is 6.92 Å². The van der Waals surface area contributed by atoms with E-state index in [4.69, 9.17) is 4.74 Å². The molecule has 3 rings (SSSR count). The Labute approximate surface area is 116 Å². The fraction of sp³-hybridized carbons (Fsp3) is 0.250. The van der Waals surface area contributed by atoms with Crippen LogP contribution < -0.4 is 4.90 Å². The molecule has 18 heavy (non-hydrogen) atoms. The molecule has 1 saturated heterocycles. The van der Waals surface area contributed by atoms with Gasteiger partial charge < -0.3 is 9.84 Å². The van der Waals surface area contributed by atoms with Gasteiger partial charge in [0.15, 0.2) is 0 Å². The number of ether oxygens (including phenoxy) is 1. The van der Waals surface area contributed by atoms with Crippen molar-refractivity contribution in [2.75, 3.05) is 4.90 Å². The minimum atomic E-state index is -1.06. The fourth-order valence-corrected chi connectivity index (χ4v) is 3.75. The van der Waals surface area contributed by atoms with Crippen LogP contribution in [0.15, 0.2) is 28.7 Å². The first kappa shape index (κ1) is 12.0. The summed E-state index contributed by atoms with van der Waals surface area (Å²) in [5, 5.41) is 11.4. The highest BCUT2D eigenvalue weighted by Gasteiger charge is 2.39. The molecule has 6 heteroatoms. The summed E-state index contributed by atoms with van der Waals surface area (Å²) in [5.41, 5.74) is 0. The largest absolute Gasteiger partial charge is 0.417 e. The standard InChI is InChI=1S/C12H10BrNO3S/c1-6-11(15)17-12(16)14(6)10-5-7-8(13)3-2-4-9(7)18-10/h2-6,11,15H,1H3/t6?,11-/m1/s1. The van der Waals surface area contributed by atoms with Crippen molar-refractivity contribution >= 4 is 48.4 Å². The molecule has 2 aromatic rings. The number of amides is 1. The molecular formula is C12H10BrNO3S. The molecule has 2 atom stereocenters. The minimum absolute atomic E-state index is 0.371. The van der Waals surface area contributed by atoms with Crippen molar-refractivity contribution in [3.05, 3.63) is 28.7 Å². The molecule has 4 nitrogen and oxygen atoms in total. The van der Waals surface area contributed by atoms with E-state index in [2.05, 4.69) is 15.9 Å². The average molecular weight is 328 g/mol. The monoisotopic (exact) mass is 327 g/mol. The van der Waals surface area contributed by atoms with Gasteiger partial charge in [0.1, 0.15) is 11.0 Å². The minimum Gasteiger partial charge on any atom is -0.417 e. The van der Waals surface area contributed by atoms with E-state index in [0.29, 0.717) is 0 Å². The fourth-order valence-electron chi connectivity index (χ4n) is 1.97. The zero-order chi connectivity index (χ0) is 12.9. The first-order valence-corrected chi connectivity index (χ1v) is 7.05. The molecule has 0 spiro atoms. The number of hydrogen-bond donors (Lipinski definition) is 1. The number of benzene rings is 1.